The van der Waals surface area contributed by atoms with Crippen molar-refractivity contribution in [2.24, 2.45) is 5.92 Å². The number of hydrogen-bond donors (Lipinski definition) is 2. The van der Waals surface area contributed by atoms with Crippen LogP contribution >= 0.6 is 0 Å². The van der Waals surface area contributed by atoms with Crippen molar-refractivity contribution in [3.05, 3.63) is 58.8 Å². The van der Waals surface area contributed by atoms with Crippen LogP contribution < -0.4 is 5.32 Å². The summed E-state index contributed by atoms with van der Waals surface area (Å²) in [6.07, 6.45) is 2.28. The summed E-state index contributed by atoms with van der Waals surface area (Å²) in [6.45, 7) is 1.78. The Bertz CT molecular complexity index is 747. The number of hydrogen-bond acceptors (Lipinski definition) is 3. The predicted molar refractivity (Wildman–Crippen MR) is 81.1 cm³/mol. The zero-order chi connectivity index (χ0) is 16.6. The van der Waals surface area contributed by atoms with Crippen molar-refractivity contribution in [3.63, 3.8) is 0 Å². The fourth-order valence-electron chi connectivity index (χ4n) is 2.60. The van der Waals surface area contributed by atoms with E-state index in [1.165, 1.54) is 6.07 Å². The Hall–Kier alpha value is -2.50. The lowest BCUT2D eigenvalue weighted by atomic mass is 10.1. The first-order valence-corrected chi connectivity index (χ1v) is 7.33. The van der Waals surface area contributed by atoms with Crippen LogP contribution in [0.3, 0.4) is 0 Å². The molecule has 1 aliphatic rings. The minimum Gasteiger partial charge on any atom is -0.481 e. The molecule has 23 heavy (non-hydrogen) atoms. The lowest BCUT2D eigenvalue weighted by molar-refractivity contribution is -0.138. The zero-order valence-corrected chi connectivity index (χ0v) is 12.5. The molecule has 2 N–H and O–H groups in total. The molecule has 1 saturated carbocycles. The third-order valence-electron chi connectivity index (χ3n) is 4.11. The molecular formula is C17H16F2N2O2. The molecule has 0 unspecified atom stereocenters. The molecule has 1 fully saturated rings. The van der Waals surface area contributed by atoms with Crippen molar-refractivity contribution >= 4 is 11.8 Å². The smallest absolute Gasteiger partial charge is 0.307 e. The van der Waals surface area contributed by atoms with E-state index in [9.17, 15) is 13.6 Å². The van der Waals surface area contributed by atoms with Crippen LogP contribution in [0, 0.1) is 24.5 Å². The van der Waals surface area contributed by atoms with E-state index in [-0.39, 0.29) is 18.4 Å². The summed E-state index contributed by atoms with van der Waals surface area (Å²) in [5, 5.41) is 11.9. The Balaban J connectivity index is 1.63. The molecule has 0 radical (unpaired) electrons. The van der Waals surface area contributed by atoms with Gasteiger partial charge in [-0.1, -0.05) is 6.07 Å². The van der Waals surface area contributed by atoms with Crippen LogP contribution in [-0.4, -0.2) is 16.1 Å². The molecule has 1 heterocycles. The van der Waals surface area contributed by atoms with Gasteiger partial charge >= 0.3 is 5.97 Å². The Kier molecular flexibility index (Phi) is 3.98. The average molecular weight is 318 g/mol. The molecule has 6 heteroatoms. The van der Waals surface area contributed by atoms with Gasteiger partial charge in [0.1, 0.15) is 17.5 Å². The van der Waals surface area contributed by atoms with E-state index in [1.54, 1.807) is 19.2 Å². The number of rotatable bonds is 5. The molecule has 0 spiro atoms. The first-order chi connectivity index (χ1) is 11.0. The number of nitrogens with zero attached hydrogens (tertiary/aromatic N) is 1. The number of halogens is 2. The first kappa shape index (κ1) is 15.4. The fraction of sp³-hybridized carbons (Fsp3) is 0.294. The van der Waals surface area contributed by atoms with E-state index in [2.05, 4.69) is 10.3 Å². The van der Waals surface area contributed by atoms with Crippen molar-refractivity contribution in [2.45, 2.75) is 25.8 Å². The van der Waals surface area contributed by atoms with Crippen LogP contribution in [0.1, 0.15) is 29.0 Å². The summed E-state index contributed by atoms with van der Waals surface area (Å²) in [4.78, 5) is 15.1. The number of pyridine rings is 1. The highest BCUT2D eigenvalue weighted by atomic mass is 19.1. The van der Waals surface area contributed by atoms with Crippen LogP contribution in [0.25, 0.3) is 0 Å². The van der Waals surface area contributed by atoms with Gasteiger partial charge in [-0.05, 0) is 42.5 Å². The van der Waals surface area contributed by atoms with E-state index >= 15 is 0 Å². The molecule has 0 amide bonds. The van der Waals surface area contributed by atoms with Gasteiger partial charge in [0.25, 0.3) is 0 Å². The van der Waals surface area contributed by atoms with Crippen LogP contribution in [-0.2, 0) is 11.3 Å². The average Bonchev–Trinajstić information content (AvgIpc) is 3.31. The molecule has 1 aromatic carbocycles. The molecule has 1 aromatic heterocycles. The zero-order valence-electron chi connectivity index (χ0n) is 12.5. The molecule has 1 aliphatic carbocycles. The topological polar surface area (TPSA) is 62.2 Å². The van der Waals surface area contributed by atoms with Crippen LogP contribution in [0.5, 0.6) is 0 Å². The summed E-state index contributed by atoms with van der Waals surface area (Å²) >= 11 is 0. The van der Waals surface area contributed by atoms with Gasteiger partial charge in [0.15, 0.2) is 0 Å². The lowest BCUT2D eigenvalue weighted by Gasteiger charge is -2.09. The molecule has 2 aromatic rings. The third-order valence-corrected chi connectivity index (χ3v) is 4.11. The molecule has 3 rings (SSSR count). The number of aliphatic carboxylic acids is 1. The van der Waals surface area contributed by atoms with Crippen molar-refractivity contribution in [1.82, 2.24) is 4.98 Å². The van der Waals surface area contributed by atoms with Gasteiger partial charge in [-0.3, -0.25) is 4.79 Å². The number of anilines is 1. The minimum atomic E-state index is -0.778. The third kappa shape index (κ3) is 3.31. The molecule has 120 valence electrons. The van der Waals surface area contributed by atoms with E-state index in [4.69, 9.17) is 5.11 Å². The van der Waals surface area contributed by atoms with Gasteiger partial charge in [0, 0.05) is 24.4 Å². The second-order valence-electron chi connectivity index (χ2n) is 5.81. The normalized spacial score (nSPS) is 19.4. The highest BCUT2D eigenvalue weighted by Gasteiger charge is 2.44. The Labute approximate surface area is 132 Å². The molecule has 4 nitrogen and oxygen atoms in total. The van der Waals surface area contributed by atoms with Gasteiger partial charge in [-0.2, -0.15) is 0 Å². The lowest BCUT2D eigenvalue weighted by Crippen LogP contribution is -2.05. The Morgan fingerprint density at radius 2 is 2.13 bits per heavy atom. The quantitative estimate of drug-likeness (QED) is 0.886. The number of benzene rings is 1. The van der Waals surface area contributed by atoms with E-state index in [0.717, 1.165) is 11.6 Å². The monoisotopic (exact) mass is 318 g/mol. The Morgan fingerprint density at radius 3 is 2.74 bits per heavy atom. The van der Waals surface area contributed by atoms with Gasteiger partial charge in [-0.25, -0.2) is 13.8 Å². The van der Waals surface area contributed by atoms with Crippen LogP contribution in [0.4, 0.5) is 14.6 Å². The summed E-state index contributed by atoms with van der Waals surface area (Å²) < 4.78 is 26.9. The van der Waals surface area contributed by atoms with Gasteiger partial charge < -0.3 is 10.4 Å². The molecule has 0 aliphatic heterocycles. The van der Waals surface area contributed by atoms with Gasteiger partial charge in [0.05, 0.1) is 5.92 Å². The SMILES string of the molecule is Cc1cc(CNc2ccc([C@@H]3C[C@H]3C(=O)O)cn2)c(F)cc1F. The molecule has 2 atom stereocenters. The second-order valence-corrected chi connectivity index (χ2v) is 5.81. The van der Waals surface area contributed by atoms with Crippen LogP contribution in [0.15, 0.2) is 30.5 Å². The standard InChI is InChI=1S/C17H16F2N2O2/c1-9-4-11(15(19)6-14(9)18)8-21-16-3-2-10(7-20-16)12-5-13(12)17(22)23/h2-4,6-7,12-13H,5,8H2,1H3,(H,20,21)(H,22,23)/t12-,13+/m0/s1. The van der Waals surface area contributed by atoms with E-state index in [1.807, 2.05) is 6.07 Å². The van der Waals surface area contributed by atoms with Crippen molar-refractivity contribution in [1.29, 1.82) is 0 Å². The number of nitrogens with one attached hydrogen (secondary N) is 1. The number of carboxylic acids is 1. The first-order valence-electron chi connectivity index (χ1n) is 7.33. The maximum Gasteiger partial charge on any atom is 0.307 e. The number of carbonyl (C=O) groups is 1. The van der Waals surface area contributed by atoms with Crippen molar-refractivity contribution < 1.29 is 18.7 Å². The molecule has 0 bridgehead atoms. The van der Waals surface area contributed by atoms with Gasteiger partial charge in [0.2, 0.25) is 0 Å². The summed E-state index contributed by atoms with van der Waals surface area (Å²) in [5.74, 6) is -1.66. The van der Waals surface area contributed by atoms with Crippen molar-refractivity contribution in [3.8, 4) is 0 Å². The molecule has 0 saturated heterocycles. The maximum atomic E-state index is 13.7. The highest BCUT2D eigenvalue weighted by Crippen LogP contribution is 2.47. The summed E-state index contributed by atoms with van der Waals surface area (Å²) in [7, 11) is 0. The largest absolute Gasteiger partial charge is 0.481 e. The summed E-state index contributed by atoms with van der Waals surface area (Å²) in [5.41, 5.74) is 1.65. The van der Waals surface area contributed by atoms with Crippen molar-refractivity contribution in [2.75, 3.05) is 5.32 Å². The molecular weight excluding hydrogens is 302 g/mol. The fourth-order valence-corrected chi connectivity index (χ4v) is 2.60. The maximum absolute atomic E-state index is 13.7. The van der Waals surface area contributed by atoms with Crippen LogP contribution in [0.2, 0.25) is 0 Å². The van der Waals surface area contributed by atoms with E-state index < -0.39 is 17.6 Å². The van der Waals surface area contributed by atoms with Gasteiger partial charge in [-0.15, -0.1) is 0 Å². The number of carboxylic acid groups (broad SMARTS) is 1. The number of aryl methyl sites for hydroxylation is 1. The Morgan fingerprint density at radius 1 is 1.35 bits per heavy atom. The second kappa shape index (κ2) is 5.95. The minimum absolute atomic E-state index is 0.0336. The van der Waals surface area contributed by atoms with E-state index in [0.29, 0.717) is 23.4 Å². The predicted octanol–water partition coefficient (Wildman–Crippen LogP) is 3.47. The summed E-state index contributed by atoms with van der Waals surface area (Å²) in [6, 6.07) is 5.91. The highest BCUT2D eigenvalue weighted by molar-refractivity contribution is 5.75. The number of aromatic nitrogens is 1.